The number of nitrogens with one attached hydrogen (secondary N) is 1. The molecule has 0 fully saturated rings. The maximum absolute atomic E-state index is 6.12. The van der Waals surface area contributed by atoms with Crippen molar-refractivity contribution in [2.75, 3.05) is 12.4 Å². The molecular weight excluding hydrogens is 257 g/mol. The van der Waals surface area contributed by atoms with E-state index in [2.05, 4.69) is 15.3 Å². The molecule has 88 valence electrons. The zero-order valence-electron chi connectivity index (χ0n) is 9.46. The van der Waals surface area contributed by atoms with Gasteiger partial charge in [-0.3, -0.25) is 0 Å². The Morgan fingerprint density at radius 3 is 2.59 bits per heavy atom. The van der Waals surface area contributed by atoms with Crippen molar-refractivity contribution in [3.8, 4) is 11.4 Å². The highest BCUT2D eigenvalue weighted by Crippen LogP contribution is 2.28. The third-order valence-electron chi connectivity index (χ3n) is 2.28. The van der Waals surface area contributed by atoms with Crippen LogP contribution in [-0.2, 0) is 0 Å². The van der Waals surface area contributed by atoms with E-state index in [4.69, 9.17) is 23.2 Å². The largest absolute Gasteiger partial charge is 0.373 e. The van der Waals surface area contributed by atoms with Crippen LogP contribution in [0, 0.1) is 6.92 Å². The normalized spacial score (nSPS) is 10.4. The van der Waals surface area contributed by atoms with Crippen LogP contribution in [0.5, 0.6) is 0 Å². The number of hydrogen-bond acceptors (Lipinski definition) is 3. The average molecular weight is 268 g/mol. The summed E-state index contributed by atoms with van der Waals surface area (Å²) in [5.41, 5.74) is 1.61. The minimum absolute atomic E-state index is 0.571. The van der Waals surface area contributed by atoms with Crippen molar-refractivity contribution in [2.24, 2.45) is 0 Å². The van der Waals surface area contributed by atoms with Crippen molar-refractivity contribution in [1.82, 2.24) is 9.97 Å². The minimum atomic E-state index is 0.571. The Kier molecular flexibility index (Phi) is 3.50. The summed E-state index contributed by atoms with van der Waals surface area (Å²) in [5, 5.41) is 4.18. The van der Waals surface area contributed by atoms with Crippen LogP contribution in [0.1, 0.15) is 5.69 Å². The van der Waals surface area contributed by atoms with Gasteiger partial charge in [0.05, 0.1) is 5.02 Å². The molecule has 0 spiro atoms. The van der Waals surface area contributed by atoms with Crippen molar-refractivity contribution in [3.63, 3.8) is 0 Å². The smallest absolute Gasteiger partial charge is 0.163 e. The first-order valence-corrected chi connectivity index (χ1v) is 5.84. The number of benzene rings is 1. The van der Waals surface area contributed by atoms with Gasteiger partial charge < -0.3 is 5.32 Å². The van der Waals surface area contributed by atoms with Crippen LogP contribution in [0.25, 0.3) is 11.4 Å². The Balaban J connectivity index is 2.59. The lowest BCUT2D eigenvalue weighted by Gasteiger charge is -2.07. The molecule has 1 heterocycles. The number of rotatable bonds is 2. The van der Waals surface area contributed by atoms with Gasteiger partial charge in [0.1, 0.15) is 5.82 Å². The summed E-state index contributed by atoms with van der Waals surface area (Å²) in [4.78, 5) is 8.72. The molecule has 2 rings (SSSR count). The first-order valence-electron chi connectivity index (χ1n) is 5.09. The molecule has 0 saturated carbocycles. The Bertz CT molecular complexity index is 555. The molecule has 0 aliphatic rings. The van der Waals surface area contributed by atoms with Gasteiger partial charge >= 0.3 is 0 Å². The highest BCUT2D eigenvalue weighted by atomic mass is 35.5. The predicted octanol–water partition coefficient (Wildman–Crippen LogP) is 3.80. The molecule has 2 aromatic rings. The topological polar surface area (TPSA) is 37.8 Å². The van der Waals surface area contributed by atoms with E-state index < -0.39 is 0 Å². The molecule has 1 aromatic carbocycles. The van der Waals surface area contributed by atoms with Crippen molar-refractivity contribution in [2.45, 2.75) is 6.92 Å². The second-order valence-electron chi connectivity index (χ2n) is 3.59. The first-order chi connectivity index (χ1) is 8.10. The second-order valence-corrected chi connectivity index (χ2v) is 4.44. The van der Waals surface area contributed by atoms with E-state index in [-0.39, 0.29) is 0 Å². The molecule has 0 bridgehead atoms. The zero-order chi connectivity index (χ0) is 12.4. The van der Waals surface area contributed by atoms with Gasteiger partial charge in [-0.2, -0.15) is 0 Å². The molecule has 0 aliphatic carbocycles. The van der Waals surface area contributed by atoms with Crippen molar-refractivity contribution in [1.29, 1.82) is 0 Å². The van der Waals surface area contributed by atoms with Gasteiger partial charge in [-0.25, -0.2) is 9.97 Å². The molecule has 0 amide bonds. The quantitative estimate of drug-likeness (QED) is 0.900. The summed E-state index contributed by atoms with van der Waals surface area (Å²) in [7, 11) is 1.81. The van der Waals surface area contributed by atoms with E-state index in [1.165, 1.54) is 0 Å². The van der Waals surface area contributed by atoms with Crippen LogP contribution in [0.2, 0.25) is 10.0 Å². The Labute approximate surface area is 110 Å². The van der Waals surface area contributed by atoms with Gasteiger partial charge in [-0.05, 0) is 25.1 Å². The number of aryl methyl sites for hydroxylation is 1. The lowest BCUT2D eigenvalue weighted by Crippen LogP contribution is -1.98. The zero-order valence-corrected chi connectivity index (χ0v) is 11.0. The number of hydrogen-bond donors (Lipinski definition) is 1. The van der Waals surface area contributed by atoms with Crippen LogP contribution in [0.4, 0.5) is 5.82 Å². The predicted molar refractivity (Wildman–Crippen MR) is 71.8 cm³/mol. The fourth-order valence-electron chi connectivity index (χ4n) is 1.49. The summed E-state index contributed by atoms with van der Waals surface area (Å²) in [6.45, 7) is 1.91. The summed E-state index contributed by atoms with van der Waals surface area (Å²) >= 11 is 12.1. The molecule has 0 radical (unpaired) electrons. The Hall–Kier alpha value is -1.32. The van der Waals surface area contributed by atoms with Crippen molar-refractivity contribution < 1.29 is 0 Å². The fourth-order valence-corrected chi connectivity index (χ4v) is 1.86. The van der Waals surface area contributed by atoms with Crippen LogP contribution in [0.3, 0.4) is 0 Å². The lowest BCUT2D eigenvalue weighted by molar-refractivity contribution is 1.11. The van der Waals surface area contributed by atoms with E-state index in [0.717, 1.165) is 17.1 Å². The van der Waals surface area contributed by atoms with Crippen LogP contribution < -0.4 is 5.32 Å². The fraction of sp³-hybridized carbons (Fsp3) is 0.167. The maximum Gasteiger partial charge on any atom is 0.163 e. The molecule has 1 N–H and O–H groups in total. The highest BCUT2D eigenvalue weighted by Gasteiger charge is 2.09. The maximum atomic E-state index is 6.12. The van der Waals surface area contributed by atoms with Crippen molar-refractivity contribution >= 4 is 29.0 Å². The summed E-state index contributed by atoms with van der Waals surface area (Å²) in [5.74, 6) is 1.32. The first kappa shape index (κ1) is 12.1. The van der Waals surface area contributed by atoms with Crippen LogP contribution in [-0.4, -0.2) is 17.0 Å². The molecule has 0 atom stereocenters. The van der Waals surface area contributed by atoms with Gasteiger partial charge in [0, 0.05) is 29.4 Å². The second kappa shape index (κ2) is 4.90. The molecule has 0 aliphatic heterocycles. The van der Waals surface area contributed by atoms with E-state index in [1.807, 2.05) is 20.0 Å². The minimum Gasteiger partial charge on any atom is -0.373 e. The number of aromatic nitrogens is 2. The van der Waals surface area contributed by atoms with Gasteiger partial charge in [-0.1, -0.05) is 23.2 Å². The van der Waals surface area contributed by atoms with Crippen LogP contribution in [0.15, 0.2) is 24.3 Å². The van der Waals surface area contributed by atoms with E-state index in [9.17, 15) is 0 Å². The van der Waals surface area contributed by atoms with Crippen molar-refractivity contribution in [3.05, 3.63) is 40.0 Å². The van der Waals surface area contributed by atoms with Gasteiger partial charge in [-0.15, -0.1) is 0 Å². The average Bonchev–Trinajstić information content (AvgIpc) is 2.31. The monoisotopic (exact) mass is 267 g/mol. The SMILES string of the molecule is CNc1cc(C)nc(-c2cc(Cl)ccc2Cl)n1. The molecule has 0 unspecified atom stereocenters. The molecular formula is C12H11Cl2N3. The summed E-state index contributed by atoms with van der Waals surface area (Å²) in [6.07, 6.45) is 0. The highest BCUT2D eigenvalue weighted by molar-refractivity contribution is 6.35. The number of anilines is 1. The Morgan fingerprint density at radius 2 is 1.88 bits per heavy atom. The molecule has 0 saturated heterocycles. The third kappa shape index (κ3) is 2.68. The third-order valence-corrected chi connectivity index (χ3v) is 2.84. The lowest BCUT2D eigenvalue weighted by atomic mass is 10.2. The standard InChI is InChI=1S/C12H11Cl2N3/c1-7-5-11(15-2)17-12(16-7)9-6-8(13)3-4-10(9)14/h3-6H,1-2H3,(H,15,16,17). The summed E-state index contributed by atoms with van der Waals surface area (Å²) in [6, 6.07) is 7.10. The van der Waals surface area contributed by atoms with Crippen LogP contribution >= 0.6 is 23.2 Å². The summed E-state index contributed by atoms with van der Waals surface area (Å²) < 4.78 is 0. The molecule has 1 aromatic heterocycles. The van der Waals surface area contributed by atoms with Gasteiger partial charge in [0.2, 0.25) is 0 Å². The number of nitrogens with zero attached hydrogens (tertiary/aromatic N) is 2. The molecule has 5 heteroatoms. The number of halogens is 2. The molecule has 3 nitrogen and oxygen atoms in total. The Morgan fingerprint density at radius 1 is 1.12 bits per heavy atom. The van der Waals surface area contributed by atoms with E-state index in [0.29, 0.717) is 15.9 Å². The molecule has 17 heavy (non-hydrogen) atoms. The van der Waals surface area contributed by atoms with Gasteiger partial charge in [0.15, 0.2) is 5.82 Å². The van der Waals surface area contributed by atoms with E-state index >= 15 is 0 Å². The van der Waals surface area contributed by atoms with E-state index in [1.54, 1.807) is 18.2 Å². The van der Waals surface area contributed by atoms with Gasteiger partial charge in [0.25, 0.3) is 0 Å².